The highest BCUT2D eigenvalue weighted by Gasteiger charge is 1.96. The molecule has 0 radical (unpaired) electrons. The smallest absolute Gasteiger partial charge is 0.303 e. The van der Waals surface area contributed by atoms with E-state index in [2.05, 4.69) is 19.9 Å². The van der Waals surface area contributed by atoms with Crippen molar-refractivity contribution >= 4 is 5.97 Å². The summed E-state index contributed by atoms with van der Waals surface area (Å²) in [6.45, 7) is 10.2. The molecular weight excluding hydrogens is 392 g/mol. The maximum atomic E-state index is 10.0. The van der Waals surface area contributed by atoms with Crippen molar-refractivity contribution < 1.29 is 25.2 Å². The molecule has 5 nitrogen and oxygen atoms in total. The first kappa shape index (κ1) is 40.2. The van der Waals surface area contributed by atoms with Crippen LogP contribution in [0, 0.1) is 0 Å². The first-order chi connectivity index (χ1) is 15.1. The standard InChI is InChI=1S/C9H18O.C8H14O2.C5H10.C2H6.2CH4O/c1-3-5-6-8-9(10)7-4-2;1-2-3-4-5-6-7-8(9)10;1-2-4-5-3-1;3*1-2/h4,7,9-10H,3,5-6,8H2,1-2H3;3-4H,2,5-7H2,1H3,(H,9,10);1-5H2;1-2H3;2*2H,1H3/b7-4+;4-3-;;;;. The minimum atomic E-state index is -0.704. The van der Waals surface area contributed by atoms with Crippen molar-refractivity contribution in [2.45, 2.75) is 124 Å². The van der Waals surface area contributed by atoms with E-state index in [0.717, 1.165) is 46.3 Å². The van der Waals surface area contributed by atoms with Crippen molar-refractivity contribution in [3.05, 3.63) is 24.3 Å². The summed E-state index contributed by atoms with van der Waals surface area (Å²) in [4.78, 5) is 10.0. The molecule has 5 heteroatoms. The normalized spacial score (nSPS) is 12.5. The Morgan fingerprint density at radius 1 is 0.871 bits per heavy atom. The van der Waals surface area contributed by atoms with Crippen molar-refractivity contribution in [1.29, 1.82) is 0 Å². The van der Waals surface area contributed by atoms with E-state index in [1.54, 1.807) is 0 Å². The number of hydrogen-bond donors (Lipinski definition) is 4. The van der Waals surface area contributed by atoms with E-state index in [9.17, 15) is 9.90 Å². The van der Waals surface area contributed by atoms with E-state index in [1.165, 1.54) is 44.9 Å². The molecule has 0 heterocycles. The highest BCUT2D eigenvalue weighted by molar-refractivity contribution is 5.66. The van der Waals surface area contributed by atoms with Crippen LogP contribution in [0.2, 0.25) is 0 Å². The maximum Gasteiger partial charge on any atom is 0.303 e. The SMILES string of the molecule is C/C=C/C(O)CCCCC.C1CCCC1.CC.CC/C=C\CCCC(=O)O.CO.CO. The molecule has 0 aromatic carbocycles. The summed E-state index contributed by atoms with van der Waals surface area (Å²) in [6.07, 6.45) is 22.6. The van der Waals surface area contributed by atoms with Gasteiger partial charge in [-0.3, -0.25) is 4.79 Å². The molecule has 0 aromatic heterocycles. The van der Waals surface area contributed by atoms with Gasteiger partial charge >= 0.3 is 5.97 Å². The topological polar surface area (TPSA) is 98.0 Å². The molecule has 1 aliphatic rings. The van der Waals surface area contributed by atoms with Gasteiger partial charge in [-0.15, -0.1) is 0 Å². The van der Waals surface area contributed by atoms with Crippen molar-refractivity contribution in [2.75, 3.05) is 14.2 Å². The summed E-state index contributed by atoms with van der Waals surface area (Å²) in [6, 6.07) is 0. The Kier molecular flexibility index (Phi) is 60.8. The number of hydrogen-bond acceptors (Lipinski definition) is 4. The van der Waals surface area contributed by atoms with Gasteiger partial charge in [0.05, 0.1) is 6.10 Å². The molecule has 4 N–H and O–H groups in total. The Morgan fingerprint density at radius 2 is 1.35 bits per heavy atom. The van der Waals surface area contributed by atoms with Crippen LogP contribution in [0.15, 0.2) is 24.3 Å². The average molecular weight is 449 g/mol. The molecule has 1 saturated carbocycles. The van der Waals surface area contributed by atoms with Gasteiger partial charge in [-0.05, 0) is 32.6 Å². The quantitative estimate of drug-likeness (QED) is 0.215. The van der Waals surface area contributed by atoms with Crippen molar-refractivity contribution in [3.8, 4) is 0 Å². The predicted molar refractivity (Wildman–Crippen MR) is 137 cm³/mol. The van der Waals surface area contributed by atoms with E-state index in [1.807, 2.05) is 39.0 Å². The highest BCUT2D eigenvalue weighted by Crippen LogP contribution is 2.15. The van der Waals surface area contributed by atoms with Crippen LogP contribution in [0.4, 0.5) is 0 Å². The molecule has 0 spiro atoms. The van der Waals surface area contributed by atoms with E-state index in [4.69, 9.17) is 15.3 Å². The molecule has 0 aliphatic heterocycles. The molecule has 1 atom stereocenters. The van der Waals surface area contributed by atoms with Crippen LogP contribution in [-0.2, 0) is 4.79 Å². The summed E-state index contributed by atoms with van der Waals surface area (Å²) in [7, 11) is 2.00. The number of allylic oxidation sites excluding steroid dienone is 3. The lowest BCUT2D eigenvalue weighted by Crippen LogP contribution is -2.00. The number of aliphatic hydroxyl groups excluding tert-OH is 3. The third kappa shape index (κ3) is 58.5. The van der Waals surface area contributed by atoms with Crippen LogP contribution in [0.5, 0.6) is 0 Å². The fraction of sp³-hybridized carbons (Fsp3) is 0.808. The van der Waals surface area contributed by atoms with Gasteiger partial charge in [0.2, 0.25) is 0 Å². The molecule has 0 amide bonds. The lowest BCUT2D eigenvalue weighted by atomic mass is 10.1. The zero-order chi connectivity index (χ0) is 25.2. The number of aliphatic hydroxyl groups is 3. The maximum absolute atomic E-state index is 10.0. The van der Waals surface area contributed by atoms with Crippen LogP contribution in [0.25, 0.3) is 0 Å². The van der Waals surface area contributed by atoms with E-state index >= 15 is 0 Å². The second kappa shape index (κ2) is 46.9. The molecule has 1 aliphatic carbocycles. The van der Waals surface area contributed by atoms with Gasteiger partial charge in [-0.2, -0.15) is 0 Å². The van der Waals surface area contributed by atoms with Gasteiger partial charge in [0.1, 0.15) is 0 Å². The van der Waals surface area contributed by atoms with Gasteiger partial charge in [0.15, 0.2) is 0 Å². The number of rotatable bonds is 10. The number of unbranched alkanes of at least 4 members (excludes halogenated alkanes) is 3. The van der Waals surface area contributed by atoms with Gasteiger partial charge in [0.25, 0.3) is 0 Å². The van der Waals surface area contributed by atoms with E-state index in [0.29, 0.717) is 0 Å². The molecule has 190 valence electrons. The Hall–Kier alpha value is -1.17. The average Bonchev–Trinajstić information content (AvgIpc) is 3.39. The first-order valence-corrected chi connectivity index (χ1v) is 12.2. The Labute approximate surface area is 194 Å². The monoisotopic (exact) mass is 448 g/mol. The molecule has 0 aromatic rings. The summed E-state index contributed by atoms with van der Waals surface area (Å²) in [5.74, 6) is -0.704. The van der Waals surface area contributed by atoms with Crippen molar-refractivity contribution in [2.24, 2.45) is 0 Å². The molecule has 1 unspecified atom stereocenters. The van der Waals surface area contributed by atoms with Gasteiger partial charge < -0.3 is 20.4 Å². The van der Waals surface area contributed by atoms with Crippen LogP contribution >= 0.6 is 0 Å². The summed E-state index contributed by atoms with van der Waals surface area (Å²) in [5.41, 5.74) is 0. The van der Waals surface area contributed by atoms with Crippen molar-refractivity contribution in [3.63, 3.8) is 0 Å². The fourth-order valence-corrected chi connectivity index (χ4v) is 2.46. The first-order valence-electron chi connectivity index (χ1n) is 12.2. The van der Waals surface area contributed by atoms with Crippen LogP contribution in [0.1, 0.15) is 118 Å². The third-order valence-corrected chi connectivity index (χ3v) is 3.93. The Bertz CT molecular complexity index is 316. The highest BCUT2D eigenvalue weighted by atomic mass is 16.4. The minimum Gasteiger partial charge on any atom is -0.481 e. The molecule has 31 heavy (non-hydrogen) atoms. The molecule has 1 rings (SSSR count). The second-order valence-corrected chi connectivity index (χ2v) is 6.52. The third-order valence-electron chi connectivity index (χ3n) is 3.93. The summed E-state index contributed by atoms with van der Waals surface area (Å²) in [5, 5.41) is 31.4. The van der Waals surface area contributed by atoms with E-state index < -0.39 is 5.97 Å². The lowest BCUT2D eigenvalue weighted by Gasteiger charge is -2.02. The number of carbonyl (C=O) groups is 1. The van der Waals surface area contributed by atoms with E-state index in [-0.39, 0.29) is 12.5 Å². The molecule has 1 fully saturated rings. The van der Waals surface area contributed by atoms with Gasteiger partial charge in [-0.25, -0.2) is 0 Å². The second-order valence-electron chi connectivity index (χ2n) is 6.52. The summed E-state index contributed by atoms with van der Waals surface area (Å²) >= 11 is 0. The minimum absolute atomic E-state index is 0.212. The predicted octanol–water partition coefficient (Wildman–Crippen LogP) is 6.90. The van der Waals surface area contributed by atoms with Crippen molar-refractivity contribution in [1.82, 2.24) is 0 Å². The zero-order valence-electron chi connectivity index (χ0n) is 21.8. The molecule has 0 bridgehead atoms. The largest absolute Gasteiger partial charge is 0.481 e. The zero-order valence-corrected chi connectivity index (χ0v) is 21.8. The lowest BCUT2D eigenvalue weighted by molar-refractivity contribution is -0.137. The van der Waals surface area contributed by atoms with Crippen LogP contribution in [0.3, 0.4) is 0 Å². The van der Waals surface area contributed by atoms with Crippen LogP contribution in [-0.4, -0.2) is 46.7 Å². The number of aliphatic carboxylic acids is 1. The number of carboxylic acid groups (broad SMARTS) is 1. The van der Waals surface area contributed by atoms with Crippen LogP contribution < -0.4 is 0 Å². The Balaban J connectivity index is -0.0000000999. The fourth-order valence-electron chi connectivity index (χ4n) is 2.46. The Morgan fingerprint density at radius 3 is 1.71 bits per heavy atom. The molecule has 0 saturated heterocycles. The van der Waals surface area contributed by atoms with Gasteiger partial charge in [0, 0.05) is 20.6 Å². The molecular formula is C26H56O5. The number of carboxylic acids is 1. The van der Waals surface area contributed by atoms with Gasteiger partial charge in [-0.1, -0.05) is 103 Å². The summed E-state index contributed by atoms with van der Waals surface area (Å²) < 4.78 is 0.